The van der Waals surface area contributed by atoms with Crippen LogP contribution in [-0.4, -0.2) is 21.3 Å². The van der Waals surface area contributed by atoms with Crippen molar-refractivity contribution < 1.29 is 0 Å². The summed E-state index contributed by atoms with van der Waals surface area (Å²) in [7, 11) is 1.97. The highest BCUT2D eigenvalue weighted by Gasteiger charge is 2.00. The number of para-hydroxylation sites is 1. The van der Waals surface area contributed by atoms with Crippen LogP contribution in [0, 0.1) is 0 Å². The molecule has 0 unspecified atom stereocenters. The van der Waals surface area contributed by atoms with Crippen molar-refractivity contribution in [3.05, 3.63) is 60.0 Å². The second-order valence-corrected chi connectivity index (χ2v) is 4.87. The van der Waals surface area contributed by atoms with Gasteiger partial charge >= 0.3 is 0 Å². The third-order valence-electron chi connectivity index (χ3n) is 3.44. The maximum atomic E-state index is 4.65. The summed E-state index contributed by atoms with van der Waals surface area (Å²) in [5.74, 6) is 0. The summed E-state index contributed by atoms with van der Waals surface area (Å²) in [4.78, 5) is 4.65. The van der Waals surface area contributed by atoms with Gasteiger partial charge in [-0.25, -0.2) is 0 Å². The highest BCUT2D eigenvalue weighted by molar-refractivity contribution is 5.78. The zero-order chi connectivity index (χ0) is 13.8. The molecule has 2 heterocycles. The largest absolute Gasteiger partial charge is 0.311 e. The highest BCUT2D eigenvalue weighted by atomic mass is 15.3. The van der Waals surface area contributed by atoms with E-state index in [-0.39, 0.29) is 0 Å². The van der Waals surface area contributed by atoms with E-state index in [0.29, 0.717) is 0 Å². The van der Waals surface area contributed by atoms with E-state index in [1.807, 2.05) is 30.1 Å². The molecule has 0 radical (unpaired) electrons. The van der Waals surface area contributed by atoms with E-state index in [9.17, 15) is 0 Å². The number of nitrogens with one attached hydrogen (secondary N) is 1. The Morgan fingerprint density at radius 1 is 1.10 bits per heavy atom. The van der Waals surface area contributed by atoms with Gasteiger partial charge in [0.05, 0.1) is 11.2 Å². The molecule has 4 heteroatoms. The summed E-state index contributed by atoms with van der Waals surface area (Å²) >= 11 is 0. The van der Waals surface area contributed by atoms with E-state index in [0.717, 1.165) is 30.7 Å². The second kappa shape index (κ2) is 5.84. The van der Waals surface area contributed by atoms with Gasteiger partial charge in [0.1, 0.15) is 0 Å². The van der Waals surface area contributed by atoms with E-state index in [1.54, 1.807) is 0 Å². The Morgan fingerprint density at radius 2 is 2.00 bits per heavy atom. The first-order valence-corrected chi connectivity index (χ1v) is 6.85. The minimum atomic E-state index is 0.794. The number of benzene rings is 1. The summed E-state index contributed by atoms with van der Waals surface area (Å²) in [6, 6.07) is 14.5. The van der Waals surface area contributed by atoms with Gasteiger partial charge in [-0.3, -0.25) is 9.67 Å². The molecule has 1 N–H and O–H groups in total. The van der Waals surface area contributed by atoms with Crippen LogP contribution >= 0.6 is 0 Å². The van der Waals surface area contributed by atoms with Gasteiger partial charge in [-0.1, -0.05) is 24.3 Å². The van der Waals surface area contributed by atoms with Crippen molar-refractivity contribution in [2.24, 2.45) is 7.05 Å². The fourth-order valence-corrected chi connectivity index (χ4v) is 2.29. The van der Waals surface area contributed by atoms with E-state index >= 15 is 0 Å². The smallest absolute Gasteiger partial charge is 0.0705 e. The monoisotopic (exact) mass is 266 g/mol. The molecule has 1 aromatic carbocycles. The molecule has 0 amide bonds. The molecule has 0 fully saturated rings. The Bertz CT molecular complexity index is 702. The molecule has 0 saturated heterocycles. The van der Waals surface area contributed by atoms with Crippen LogP contribution in [0.25, 0.3) is 10.9 Å². The Hall–Kier alpha value is -2.20. The van der Waals surface area contributed by atoms with Gasteiger partial charge in [0.25, 0.3) is 0 Å². The molecular weight excluding hydrogens is 248 g/mol. The minimum Gasteiger partial charge on any atom is -0.311 e. The number of aromatic nitrogens is 3. The summed E-state index contributed by atoms with van der Waals surface area (Å²) in [6.07, 6.45) is 2.81. The lowest BCUT2D eigenvalue weighted by molar-refractivity contribution is 0.638. The van der Waals surface area contributed by atoms with Crippen LogP contribution < -0.4 is 5.32 Å². The molecule has 4 nitrogen and oxygen atoms in total. The standard InChI is InChI=1S/C16H18N4/c1-20-15(9-11-18-20)8-10-17-12-14-7-6-13-4-2-3-5-16(13)19-14/h2-7,9,11,17H,8,10,12H2,1H3. The van der Waals surface area contributed by atoms with Crippen molar-refractivity contribution in [2.45, 2.75) is 13.0 Å². The molecule has 0 atom stereocenters. The second-order valence-electron chi connectivity index (χ2n) is 4.87. The Labute approximate surface area is 118 Å². The average molecular weight is 266 g/mol. The lowest BCUT2D eigenvalue weighted by Gasteiger charge is -2.06. The molecule has 0 aliphatic heterocycles. The summed E-state index contributed by atoms with van der Waals surface area (Å²) in [5.41, 5.74) is 3.37. The van der Waals surface area contributed by atoms with Crippen LogP contribution in [-0.2, 0) is 20.0 Å². The summed E-state index contributed by atoms with van der Waals surface area (Å²) < 4.78 is 1.91. The number of fused-ring (bicyclic) bond motifs is 1. The van der Waals surface area contributed by atoms with Crippen molar-refractivity contribution in [3.63, 3.8) is 0 Å². The molecule has 0 saturated carbocycles. The number of nitrogens with zero attached hydrogens (tertiary/aromatic N) is 3. The van der Waals surface area contributed by atoms with Gasteiger partial charge in [-0.15, -0.1) is 0 Å². The first-order valence-electron chi connectivity index (χ1n) is 6.85. The van der Waals surface area contributed by atoms with Gasteiger partial charge in [0.15, 0.2) is 0 Å². The van der Waals surface area contributed by atoms with Gasteiger partial charge < -0.3 is 5.32 Å². The van der Waals surface area contributed by atoms with E-state index in [1.165, 1.54) is 11.1 Å². The lowest BCUT2D eigenvalue weighted by Crippen LogP contribution is -2.18. The Balaban J connectivity index is 1.56. The predicted molar refractivity (Wildman–Crippen MR) is 80.4 cm³/mol. The number of hydrogen-bond acceptors (Lipinski definition) is 3. The quantitative estimate of drug-likeness (QED) is 0.721. The fraction of sp³-hybridized carbons (Fsp3) is 0.250. The van der Waals surface area contributed by atoms with Crippen LogP contribution in [0.15, 0.2) is 48.7 Å². The number of hydrogen-bond donors (Lipinski definition) is 1. The zero-order valence-corrected chi connectivity index (χ0v) is 11.6. The molecule has 0 spiro atoms. The van der Waals surface area contributed by atoms with Crippen molar-refractivity contribution in [1.29, 1.82) is 0 Å². The number of aryl methyl sites for hydroxylation is 1. The van der Waals surface area contributed by atoms with Crippen molar-refractivity contribution in [3.8, 4) is 0 Å². The Kier molecular flexibility index (Phi) is 3.74. The molecule has 3 rings (SSSR count). The topological polar surface area (TPSA) is 42.7 Å². The van der Waals surface area contributed by atoms with Gasteiger partial charge in [-0.2, -0.15) is 5.10 Å². The molecule has 0 bridgehead atoms. The van der Waals surface area contributed by atoms with Gasteiger partial charge in [-0.05, 0) is 18.2 Å². The Morgan fingerprint density at radius 3 is 2.85 bits per heavy atom. The van der Waals surface area contributed by atoms with E-state index in [4.69, 9.17) is 0 Å². The third kappa shape index (κ3) is 2.86. The normalized spacial score (nSPS) is 11.1. The predicted octanol–water partition coefficient (Wildman–Crippen LogP) is 2.30. The van der Waals surface area contributed by atoms with Crippen molar-refractivity contribution in [2.75, 3.05) is 6.54 Å². The first kappa shape index (κ1) is 12.8. The molecule has 0 aliphatic rings. The molecule has 2 aromatic heterocycles. The van der Waals surface area contributed by atoms with Crippen LogP contribution in [0.3, 0.4) is 0 Å². The molecule has 102 valence electrons. The van der Waals surface area contributed by atoms with Crippen molar-refractivity contribution in [1.82, 2.24) is 20.1 Å². The van der Waals surface area contributed by atoms with E-state index in [2.05, 4.69) is 45.7 Å². The SMILES string of the molecule is Cn1nccc1CCNCc1ccc2ccccc2n1. The van der Waals surface area contributed by atoms with Crippen LogP contribution in [0.2, 0.25) is 0 Å². The van der Waals surface area contributed by atoms with Gasteiger partial charge in [0.2, 0.25) is 0 Å². The summed E-state index contributed by atoms with van der Waals surface area (Å²) in [5, 5.41) is 8.78. The van der Waals surface area contributed by atoms with E-state index < -0.39 is 0 Å². The molecule has 20 heavy (non-hydrogen) atoms. The van der Waals surface area contributed by atoms with Crippen LogP contribution in [0.5, 0.6) is 0 Å². The van der Waals surface area contributed by atoms with Crippen LogP contribution in [0.1, 0.15) is 11.4 Å². The maximum Gasteiger partial charge on any atom is 0.0705 e. The zero-order valence-electron chi connectivity index (χ0n) is 11.6. The fourth-order valence-electron chi connectivity index (χ4n) is 2.29. The first-order chi connectivity index (χ1) is 9.83. The number of rotatable bonds is 5. The third-order valence-corrected chi connectivity index (χ3v) is 3.44. The maximum absolute atomic E-state index is 4.65. The minimum absolute atomic E-state index is 0.794. The molecular formula is C16H18N4. The molecule has 0 aliphatic carbocycles. The highest BCUT2D eigenvalue weighted by Crippen LogP contribution is 2.11. The van der Waals surface area contributed by atoms with Crippen molar-refractivity contribution >= 4 is 10.9 Å². The number of pyridine rings is 1. The van der Waals surface area contributed by atoms with Gasteiger partial charge in [0, 0.05) is 43.8 Å². The van der Waals surface area contributed by atoms with Crippen LogP contribution in [0.4, 0.5) is 0 Å². The lowest BCUT2D eigenvalue weighted by atomic mass is 10.2. The average Bonchev–Trinajstić information content (AvgIpc) is 2.89. The molecule has 3 aromatic rings. The summed E-state index contributed by atoms with van der Waals surface area (Å²) in [6.45, 7) is 1.72.